The van der Waals surface area contributed by atoms with Crippen LogP contribution in [0.25, 0.3) is 11.1 Å². The summed E-state index contributed by atoms with van der Waals surface area (Å²) in [7, 11) is 0. The summed E-state index contributed by atoms with van der Waals surface area (Å²) in [6, 6.07) is 17.6. The van der Waals surface area contributed by atoms with E-state index in [0.29, 0.717) is 5.56 Å². The molecule has 0 spiro atoms. The number of carbonyl (C=O) groups is 1. The SMILES string of the molecule is CC(C)=CCC/C(C)=C\C=NNC(=O)c1ccc(-c2ccccc2)cc1. The minimum Gasteiger partial charge on any atom is -0.267 e. The van der Waals surface area contributed by atoms with Crippen molar-refractivity contribution < 1.29 is 4.79 Å². The van der Waals surface area contributed by atoms with E-state index in [4.69, 9.17) is 0 Å². The maximum Gasteiger partial charge on any atom is 0.271 e. The van der Waals surface area contributed by atoms with Gasteiger partial charge in [-0.15, -0.1) is 0 Å². The zero-order chi connectivity index (χ0) is 18.8. The largest absolute Gasteiger partial charge is 0.271 e. The van der Waals surface area contributed by atoms with Crippen molar-refractivity contribution in [2.24, 2.45) is 5.10 Å². The van der Waals surface area contributed by atoms with Gasteiger partial charge in [-0.05, 0) is 62.9 Å². The maximum atomic E-state index is 12.1. The van der Waals surface area contributed by atoms with Gasteiger partial charge < -0.3 is 0 Å². The standard InChI is InChI=1S/C23H26N2O/c1-18(2)8-7-9-19(3)16-17-24-25-23(26)22-14-12-21(13-15-22)20-10-5-4-6-11-20/h4-6,8,10-17H,7,9H2,1-3H3,(H,25,26)/b19-16-,24-17?. The number of amides is 1. The summed E-state index contributed by atoms with van der Waals surface area (Å²) in [6.45, 7) is 6.26. The molecule has 0 saturated carbocycles. The summed E-state index contributed by atoms with van der Waals surface area (Å²) in [6.07, 6.45) is 7.80. The third-order valence-electron chi connectivity index (χ3n) is 3.95. The number of hydrogen-bond donors (Lipinski definition) is 1. The Bertz CT molecular complexity index is 796. The van der Waals surface area contributed by atoms with Crippen molar-refractivity contribution in [1.29, 1.82) is 0 Å². The van der Waals surface area contributed by atoms with E-state index in [1.165, 1.54) is 11.1 Å². The van der Waals surface area contributed by atoms with Gasteiger partial charge in [0.25, 0.3) is 5.91 Å². The monoisotopic (exact) mass is 346 g/mol. The van der Waals surface area contributed by atoms with E-state index >= 15 is 0 Å². The molecule has 1 amide bonds. The van der Waals surface area contributed by atoms with Crippen LogP contribution in [0.15, 0.2) is 83.0 Å². The molecule has 2 rings (SSSR count). The average Bonchev–Trinajstić information content (AvgIpc) is 2.65. The third-order valence-corrected chi connectivity index (χ3v) is 3.95. The van der Waals surface area contributed by atoms with Gasteiger partial charge in [0, 0.05) is 11.8 Å². The van der Waals surface area contributed by atoms with Crippen LogP contribution in [0.2, 0.25) is 0 Å². The normalized spacial score (nSPS) is 11.4. The van der Waals surface area contributed by atoms with Crippen LogP contribution in [0, 0.1) is 0 Å². The Hall–Kier alpha value is -2.94. The van der Waals surface area contributed by atoms with Crippen molar-refractivity contribution in [1.82, 2.24) is 5.43 Å². The second-order valence-corrected chi connectivity index (χ2v) is 6.50. The van der Waals surface area contributed by atoms with E-state index in [9.17, 15) is 4.79 Å². The van der Waals surface area contributed by atoms with Crippen molar-refractivity contribution in [2.45, 2.75) is 33.6 Å². The summed E-state index contributed by atoms with van der Waals surface area (Å²) in [4.78, 5) is 12.1. The summed E-state index contributed by atoms with van der Waals surface area (Å²) in [5.74, 6) is -0.212. The van der Waals surface area contributed by atoms with Crippen LogP contribution < -0.4 is 5.43 Å². The van der Waals surface area contributed by atoms with Crippen LogP contribution in [-0.4, -0.2) is 12.1 Å². The molecule has 0 unspecified atom stereocenters. The summed E-state index contributed by atoms with van der Waals surface area (Å²) in [5, 5.41) is 4.00. The molecule has 2 aromatic rings. The lowest BCUT2D eigenvalue weighted by atomic mass is 10.0. The first-order chi connectivity index (χ1) is 12.6. The van der Waals surface area contributed by atoms with Gasteiger partial charge in [-0.2, -0.15) is 5.10 Å². The van der Waals surface area contributed by atoms with Crippen LogP contribution in [-0.2, 0) is 0 Å². The van der Waals surface area contributed by atoms with Crippen LogP contribution in [0.4, 0.5) is 0 Å². The molecule has 3 nitrogen and oxygen atoms in total. The molecule has 0 atom stereocenters. The van der Waals surface area contributed by atoms with Gasteiger partial charge >= 0.3 is 0 Å². The third kappa shape index (κ3) is 6.52. The van der Waals surface area contributed by atoms with Gasteiger partial charge in [-0.3, -0.25) is 4.79 Å². The molecule has 0 bridgehead atoms. The number of benzene rings is 2. The predicted molar refractivity (Wildman–Crippen MR) is 110 cm³/mol. The van der Waals surface area contributed by atoms with Crippen LogP contribution in [0.3, 0.4) is 0 Å². The number of hydrogen-bond acceptors (Lipinski definition) is 2. The Morgan fingerprint density at radius 1 is 0.962 bits per heavy atom. The van der Waals surface area contributed by atoms with Crippen molar-refractivity contribution >= 4 is 12.1 Å². The van der Waals surface area contributed by atoms with Crippen molar-refractivity contribution in [3.05, 3.63) is 83.5 Å². The fraction of sp³-hybridized carbons (Fsp3) is 0.217. The first-order valence-corrected chi connectivity index (χ1v) is 8.84. The highest BCUT2D eigenvalue weighted by Gasteiger charge is 2.04. The zero-order valence-corrected chi connectivity index (χ0v) is 15.7. The zero-order valence-electron chi connectivity index (χ0n) is 15.7. The van der Waals surface area contributed by atoms with Crippen molar-refractivity contribution in [3.63, 3.8) is 0 Å². The minimum absolute atomic E-state index is 0.212. The molecule has 0 aliphatic heterocycles. The van der Waals surface area contributed by atoms with E-state index in [2.05, 4.69) is 37.4 Å². The molecule has 0 aliphatic rings. The Kier molecular flexibility index (Phi) is 7.56. The van der Waals surface area contributed by atoms with E-state index in [1.54, 1.807) is 6.21 Å². The first kappa shape index (κ1) is 19.4. The van der Waals surface area contributed by atoms with Crippen LogP contribution in [0.5, 0.6) is 0 Å². The summed E-state index contributed by atoms with van der Waals surface area (Å²) in [5.41, 5.74) is 7.93. The summed E-state index contributed by atoms with van der Waals surface area (Å²) >= 11 is 0. The predicted octanol–water partition coefficient (Wildman–Crippen LogP) is 5.76. The molecule has 26 heavy (non-hydrogen) atoms. The molecule has 0 radical (unpaired) electrons. The molecule has 0 fully saturated rings. The molecule has 0 aliphatic carbocycles. The Balaban J connectivity index is 1.87. The Morgan fingerprint density at radius 2 is 1.62 bits per heavy atom. The van der Waals surface area contributed by atoms with E-state index in [0.717, 1.165) is 24.0 Å². The maximum absolute atomic E-state index is 12.1. The van der Waals surface area contributed by atoms with E-state index in [1.807, 2.05) is 60.7 Å². The van der Waals surface area contributed by atoms with Gasteiger partial charge in [-0.25, -0.2) is 5.43 Å². The van der Waals surface area contributed by atoms with Crippen molar-refractivity contribution in [2.75, 3.05) is 0 Å². The van der Waals surface area contributed by atoms with Gasteiger partial charge in [0.15, 0.2) is 0 Å². The number of carbonyl (C=O) groups excluding carboxylic acids is 1. The molecule has 134 valence electrons. The van der Waals surface area contributed by atoms with Crippen molar-refractivity contribution in [3.8, 4) is 11.1 Å². The second-order valence-electron chi connectivity index (χ2n) is 6.50. The minimum atomic E-state index is -0.212. The molecular weight excluding hydrogens is 320 g/mol. The smallest absolute Gasteiger partial charge is 0.267 e. The summed E-state index contributed by atoms with van der Waals surface area (Å²) < 4.78 is 0. The fourth-order valence-electron chi connectivity index (χ4n) is 2.44. The molecule has 2 aromatic carbocycles. The quantitative estimate of drug-likeness (QED) is 0.386. The van der Waals surface area contributed by atoms with Gasteiger partial charge in [0.05, 0.1) is 0 Å². The number of nitrogens with one attached hydrogen (secondary N) is 1. The second kappa shape index (κ2) is 10.1. The molecule has 0 aromatic heterocycles. The molecule has 0 saturated heterocycles. The first-order valence-electron chi connectivity index (χ1n) is 8.84. The van der Waals surface area contributed by atoms with Crippen LogP contribution in [0.1, 0.15) is 44.0 Å². The molecular formula is C23H26N2O. The Morgan fingerprint density at radius 3 is 2.27 bits per heavy atom. The molecule has 0 heterocycles. The Labute approximate surface area is 156 Å². The molecule has 1 N–H and O–H groups in total. The highest BCUT2D eigenvalue weighted by Crippen LogP contribution is 2.19. The number of hydrazone groups is 1. The highest BCUT2D eigenvalue weighted by molar-refractivity contribution is 5.95. The number of nitrogens with zero attached hydrogens (tertiary/aromatic N) is 1. The van der Waals surface area contributed by atoms with Crippen LogP contribution >= 0.6 is 0 Å². The lowest BCUT2D eigenvalue weighted by Crippen LogP contribution is -2.17. The van der Waals surface area contributed by atoms with Gasteiger partial charge in [0.1, 0.15) is 0 Å². The lowest BCUT2D eigenvalue weighted by Gasteiger charge is -2.03. The topological polar surface area (TPSA) is 41.5 Å². The van der Waals surface area contributed by atoms with Gasteiger partial charge in [0.2, 0.25) is 0 Å². The van der Waals surface area contributed by atoms with E-state index < -0.39 is 0 Å². The fourth-order valence-corrected chi connectivity index (χ4v) is 2.44. The number of rotatable bonds is 7. The number of allylic oxidation sites excluding steroid dienone is 4. The molecule has 3 heteroatoms. The highest BCUT2D eigenvalue weighted by atomic mass is 16.2. The van der Waals surface area contributed by atoms with Gasteiger partial charge in [-0.1, -0.05) is 59.7 Å². The average molecular weight is 346 g/mol. The lowest BCUT2D eigenvalue weighted by molar-refractivity contribution is 0.0955. The van der Waals surface area contributed by atoms with E-state index in [-0.39, 0.29) is 5.91 Å².